The largest absolute Gasteiger partial charge is 0.490 e. The Labute approximate surface area is 141 Å². The quantitative estimate of drug-likeness (QED) is 0.805. The van der Waals surface area contributed by atoms with E-state index in [2.05, 4.69) is 47.3 Å². The van der Waals surface area contributed by atoms with E-state index in [1.165, 1.54) is 5.56 Å². The van der Waals surface area contributed by atoms with Crippen LogP contribution in [-0.2, 0) is 6.54 Å². The van der Waals surface area contributed by atoms with Gasteiger partial charge in [-0.2, -0.15) is 5.10 Å². The standard InChI is InChI=1S/C19H20N4O/c1-14-6-8-15(9-7-14)23-16(12-19(20)21-23)13-22-10-11-24-18-5-3-2-4-17(18)22/h2-9,12H,10-11,13H2,1H3,(H2,20,21). The average Bonchev–Trinajstić information content (AvgIpc) is 2.96. The fourth-order valence-electron chi connectivity index (χ4n) is 3.05. The summed E-state index contributed by atoms with van der Waals surface area (Å²) in [6.45, 7) is 4.34. The third kappa shape index (κ3) is 2.69. The van der Waals surface area contributed by atoms with Gasteiger partial charge in [-0.25, -0.2) is 4.68 Å². The van der Waals surface area contributed by atoms with Gasteiger partial charge >= 0.3 is 0 Å². The Hall–Kier alpha value is -2.95. The van der Waals surface area contributed by atoms with E-state index in [0.29, 0.717) is 12.4 Å². The highest BCUT2D eigenvalue weighted by Crippen LogP contribution is 2.32. The maximum Gasteiger partial charge on any atom is 0.146 e. The predicted molar refractivity (Wildman–Crippen MR) is 95.7 cm³/mol. The van der Waals surface area contributed by atoms with Gasteiger partial charge in [0.15, 0.2) is 0 Å². The van der Waals surface area contributed by atoms with E-state index >= 15 is 0 Å². The first-order valence-electron chi connectivity index (χ1n) is 8.09. The van der Waals surface area contributed by atoms with E-state index < -0.39 is 0 Å². The molecule has 0 aliphatic carbocycles. The normalized spacial score (nSPS) is 13.5. The number of ether oxygens (including phenoxy) is 1. The van der Waals surface area contributed by atoms with Gasteiger partial charge in [0.05, 0.1) is 30.2 Å². The van der Waals surface area contributed by atoms with Gasteiger partial charge in [0.2, 0.25) is 0 Å². The van der Waals surface area contributed by atoms with Crippen LogP contribution in [-0.4, -0.2) is 22.9 Å². The van der Waals surface area contributed by atoms with E-state index in [0.717, 1.165) is 35.9 Å². The molecule has 0 fully saturated rings. The number of rotatable bonds is 3. The number of nitrogen functional groups attached to an aromatic ring is 1. The van der Waals surface area contributed by atoms with Crippen molar-refractivity contribution in [1.82, 2.24) is 9.78 Å². The number of nitrogens with zero attached hydrogens (tertiary/aromatic N) is 3. The highest BCUT2D eigenvalue weighted by atomic mass is 16.5. The molecule has 2 N–H and O–H groups in total. The molecule has 5 heteroatoms. The molecular formula is C19H20N4O. The zero-order valence-electron chi connectivity index (χ0n) is 13.6. The van der Waals surface area contributed by atoms with Gasteiger partial charge < -0.3 is 15.4 Å². The highest BCUT2D eigenvalue weighted by molar-refractivity contribution is 5.60. The Kier molecular flexibility index (Phi) is 3.61. The minimum atomic E-state index is 0.534. The van der Waals surface area contributed by atoms with Crippen LogP contribution < -0.4 is 15.4 Å². The molecule has 5 nitrogen and oxygen atoms in total. The van der Waals surface area contributed by atoms with Crippen LogP contribution in [0.1, 0.15) is 11.3 Å². The number of anilines is 2. The SMILES string of the molecule is Cc1ccc(-n2nc(N)cc2CN2CCOc3ccccc32)cc1. The molecule has 2 heterocycles. The van der Waals surface area contributed by atoms with E-state index in [1.807, 2.05) is 28.9 Å². The first-order chi connectivity index (χ1) is 11.7. The van der Waals surface area contributed by atoms with E-state index in [9.17, 15) is 0 Å². The Balaban J connectivity index is 1.68. The second-order valence-electron chi connectivity index (χ2n) is 6.05. The molecule has 0 unspecified atom stereocenters. The van der Waals surface area contributed by atoms with Crippen LogP contribution in [0.2, 0.25) is 0 Å². The van der Waals surface area contributed by atoms with Crippen LogP contribution in [0.4, 0.5) is 11.5 Å². The lowest BCUT2D eigenvalue weighted by Gasteiger charge is -2.31. The van der Waals surface area contributed by atoms with Crippen molar-refractivity contribution in [3.8, 4) is 11.4 Å². The summed E-state index contributed by atoms with van der Waals surface area (Å²) in [4.78, 5) is 2.31. The van der Waals surface area contributed by atoms with Gasteiger partial charge in [0.25, 0.3) is 0 Å². The van der Waals surface area contributed by atoms with Crippen molar-refractivity contribution in [3.05, 3.63) is 65.9 Å². The summed E-state index contributed by atoms with van der Waals surface area (Å²) in [5.41, 5.74) is 10.4. The lowest BCUT2D eigenvalue weighted by molar-refractivity contribution is 0.306. The number of para-hydroxylation sites is 2. The van der Waals surface area contributed by atoms with Crippen LogP contribution in [0.25, 0.3) is 5.69 Å². The average molecular weight is 320 g/mol. The number of hydrogen-bond acceptors (Lipinski definition) is 4. The lowest BCUT2D eigenvalue weighted by atomic mass is 10.2. The second kappa shape index (κ2) is 5.92. The molecule has 2 aromatic carbocycles. The zero-order chi connectivity index (χ0) is 16.5. The monoisotopic (exact) mass is 320 g/mol. The summed E-state index contributed by atoms with van der Waals surface area (Å²) in [6.07, 6.45) is 0. The number of nitrogens with two attached hydrogens (primary N) is 1. The highest BCUT2D eigenvalue weighted by Gasteiger charge is 2.19. The molecule has 0 amide bonds. The fraction of sp³-hybridized carbons (Fsp3) is 0.211. The number of hydrogen-bond donors (Lipinski definition) is 1. The predicted octanol–water partition coefficient (Wildman–Crippen LogP) is 3.16. The number of aryl methyl sites for hydroxylation is 1. The van der Waals surface area contributed by atoms with Gasteiger partial charge in [0.1, 0.15) is 18.2 Å². The number of benzene rings is 2. The minimum Gasteiger partial charge on any atom is -0.490 e. The van der Waals surface area contributed by atoms with Crippen LogP contribution >= 0.6 is 0 Å². The Morgan fingerprint density at radius 2 is 1.92 bits per heavy atom. The fourth-order valence-corrected chi connectivity index (χ4v) is 3.05. The van der Waals surface area contributed by atoms with Crippen LogP contribution in [0.3, 0.4) is 0 Å². The van der Waals surface area contributed by atoms with E-state index in [1.54, 1.807) is 0 Å². The van der Waals surface area contributed by atoms with Gasteiger partial charge in [-0.05, 0) is 31.2 Å². The van der Waals surface area contributed by atoms with E-state index in [4.69, 9.17) is 10.5 Å². The van der Waals surface area contributed by atoms with Gasteiger partial charge in [-0.1, -0.05) is 29.8 Å². The molecule has 1 aliphatic heterocycles. The molecule has 0 saturated carbocycles. The third-order valence-corrected chi connectivity index (χ3v) is 4.26. The molecule has 3 aromatic rings. The molecule has 0 saturated heterocycles. The van der Waals surface area contributed by atoms with Crippen molar-refractivity contribution in [1.29, 1.82) is 0 Å². The smallest absolute Gasteiger partial charge is 0.146 e. The van der Waals surface area contributed by atoms with Crippen molar-refractivity contribution in [3.63, 3.8) is 0 Å². The van der Waals surface area contributed by atoms with Crippen LogP contribution in [0.5, 0.6) is 5.75 Å². The second-order valence-corrected chi connectivity index (χ2v) is 6.05. The minimum absolute atomic E-state index is 0.534. The summed E-state index contributed by atoms with van der Waals surface area (Å²) in [5.74, 6) is 1.46. The van der Waals surface area contributed by atoms with Crippen molar-refractivity contribution < 1.29 is 4.74 Å². The Bertz CT molecular complexity index is 854. The first-order valence-corrected chi connectivity index (χ1v) is 8.09. The maximum absolute atomic E-state index is 5.97. The van der Waals surface area contributed by atoms with Gasteiger partial charge in [-0.3, -0.25) is 0 Å². The van der Waals surface area contributed by atoms with Crippen molar-refractivity contribution >= 4 is 11.5 Å². The molecule has 0 radical (unpaired) electrons. The first kappa shape index (κ1) is 14.6. The third-order valence-electron chi connectivity index (χ3n) is 4.26. The molecule has 4 rings (SSSR count). The maximum atomic E-state index is 5.97. The summed E-state index contributed by atoms with van der Waals surface area (Å²) >= 11 is 0. The van der Waals surface area contributed by atoms with Crippen LogP contribution in [0.15, 0.2) is 54.6 Å². The molecule has 1 aliphatic rings. The molecule has 0 atom stereocenters. The van der Waals surface area contributed by atoms with Crippen molar-refractivity contribution in [2.75, 3.05) is 23.8 Å². The molecule has 24 heavy (non-hydrogen) atoms. The topological polar surface area (TPSA) is 56.3 Å². The van der Waals surface area contributed by atoms with E-state index in [-0.39, 0.29) is 0 Å². The summed E-state index contributed by atoms with van der Waals surface area (Å²) in [5, 5.41) is 4.47. The summed E-state index contributed by atoms with van der Waals surface area (Å²) < 4.78 is 7.66. The molecule has 0 spiro atoms. The summed E-state index contributed by atoms with van der Waals surface area (Å²) in [7, 11) is 0. The van der Waals surface area contributed by atoms with Gasteiger partial charge in [0, 0.05) is 6.07 Å². The van der Waals surface area contributed by atoms with Crippen molar-refractivity contribution in [2.24, 2.45) is 0 Å². The lowest BCUT2D eigenvalue weighted by Crippen LogP contribution is -2.32. The molecular weight excluding hydrogens is 300 g/mol. The van der Waals surface area contributed by atoms with Crippen LogP contribution in [0, 0.1) is 6.92 Å². The molecule has 0 bridgehead atoms. The molecule has 122 valence electrons. The number of aromatic nitrogens is 2. The Morgan fingerprint density at radius 3 is 2.75 bits per heavy atom. The number of fused-ring (bicyclic) bond motifs is 1. The Morgan fingerprint density at radius 1 is 1.12 bits per heavy atom. The summed E-state index contributed by atoms with van der Waals surface area (Å²) in [6, 6.07) is 18.4. The van der Waals surface area contributed by atoms with Crippen molar-refractivity contribution in [2.45, 2.75) is 13.5 Å². The zero-order valence-corrected chi connectivity index (χ0v) is 13.6. The van der Waals surface area contributed by atoms with Gasteiger partial charge in [-0.15, -0.1) is 0 Å². The molecule has 1 aromatic heterocycles.